The average molecular weight is 322 g/mol. The van der Waals surface area contributed by atoms with Gasteiger partial charge in [-0.15, -0.1) is 0 Å². The van der Waals surface area contributed by atoms with Gasteiger partial charge in [-0.3, -0.25) is 4.79 Å². The molecule has 0 bridgehead atoms. The minimum atomic E-state index is -0.501. The Morgan fingerprint density at radius 2 is 2.05 bits per heavy atom. The summed E-state index contributed by atoms with van der Waals surface area (Å²) in [7, 11) is 3.30. The first-order valence-corrected chi connectivity index (χ1v) is 7.94. The third kappa shape index (κ3) is 3.39. The lowest BCUT2D eigenvalue weighted by Crippen LogP contribution is -2.24. The first-order chi connectivity index (χ1) is 10.4. The zero-order chi connectivity index (χ0) is 16.3. The highest BCUT2D eigenvalue weighted by atomic mass is 32.1. The second-order valence-electron chi connectivity index (χ2n) is 6.00. The van der Waals surface area contributed by atoms with Crippen molar-refractivity contribution in [3.05, 3.63) is 23.0 Å². The molecule has 0 unspecified atom stereocenters. The lowest BCUT2D eigenvalue weighted by molar-refractivity contribution is -0.125. The maximum Gasteiger partial charge on any atom is 0.253 e. The molecule has 2 rings (SSSR count). The van der Waals surface area contributed by atoms with Crippen LogP contribution in [0.1, 0.15) is 20.8 Å². The summed E-state index contributed by atoms with van der Waals surface area (Å²) in [5.41, 5.74) is 0.451. The molecule has 1 aromatic heterocycles. The minimum absolute atomic E-state index is 0.135. The van der Waals surface area contributed by atoms with Gasteiger partial charge < -0.3 is 14.0 Å². The number of nitrogens with zero attached hydrogens (tertiary/aromatic N) is 2. The standard InChI is InChI=1S/C16H22N2O3S/c1-16(2,3)14(19)17-15-18(9-10-20-4)13-11(21-5)7-6-8-12(13)22-15/h6-8H,9-10H2,1-5H3. The second-order valence-corrected chi connectivity index (χ2v) is 7.01. The van der Waals surface area contributed by atoms with Crippen LogP contribution in [0.2, 0.25) is 0 Å². The van der Waals surface area contributed by atoms with Crippen molar-refractivity contribution in [3.63, 3.8) is 0 Å². The van der Waals surface area contributed by atoms with E-state index in [1.165, 1.54) is 11.3 Å². The summed E-state index contributed by atoms with van der Waals surface area (Å²) in [6.07, 6.45) is 0. The van der Waals surface area contributed by atoms with Crippen LogP contribution in [-0.4, -0.2) is 31.3 Å². The number of rotatable bonds is 4. The molecular formula is C16H22N2O3S. The van der Waals surface area contributed by atoms with E-state index in [0.29, 0.717) is 18.0 Å². The van der Waals surface area contributed by atoms with E-state index >= 15 is 0 Å². The largest absolute Gasteiger partial charge is 0.495 e. The number of carbonyl (C=O) groups is 1. The van der Waals surface area contributed by atoms with E-state index in [-0.39, 0.29) is 5.91 Å². The van der Waals surface area contributed by atoms with Crippen LogP contribution in [-0.2, 0) is 16.1 Å². The fourth-order valence-corrected chi connectivity index (χ4v) is 3.06. The molecule has 0 saturated carbocycles. The molecule has 0 radical (unpaired) electrons. The van der Waals surface area contributed by atoms with Gasteiger partial charge in [0.05, 0.1) is 18.4 Å². The summed E-state index contributed by atoms with van der Waals surface area (Å²) in [6, 6.07) is 5.85. The number of hydrogen-bond donors (Lipinski definition) is 0. The third-order valence-electron chi connectivity index (χ3n) is 3.24. The normalized spacial score (nSPS) is 12.9. The highest BCUT2D eigenvalue weighted by Gasteiger charge is 2.21. The van der Waals surface area contributed by atoms with Crippen LogP contribution < -0.4 is 9.54 Å². The van der Waals surface area contributed by atoms with E-state index in [1.54, 1.807) is 14.2 Å². The first-order valence-electron chi connectivity index (χ1n) is 7.13. The number of para-hydroxylation sites is 1. The quantitative estimate of drug-likeness (QED) is 0.870. The van der Waals surface area contributed by atoms with Crippen molar-refractivity contribution in [3.8, 4) is 5.75 Å². The predicted octanol–water partition coefficient (Wildman–Crippen LogP) is 2.83. The highest BCUT2D eigenvalue weighted by molar-refractivity contribution is 7.16. The lowest BCUT2D eigenvalue weighted by Gasteiger charge is -2.12. The number of methoxy groups -OCH3 is 2. The fraction of sp³-hybridized carbons (Fsp3) is 0.500. The number of ether oxygens (including phenoxy) is 2. The van der Waals surface area contributed by atoms with Crippen LogP contribution >= 0.6 is 11.3 Å². The molecule has 5 nitrogen and oxygen atoms in total. The molecule has 22 heavy (non-hydrogen) atoms. The SMILES string of the molecule is COCCn1c(=NC(=O)C(C)(C)C)sc2cccc(OC)c21. The van der Waals surface area contributed by atoms with Crippen LogP contribution in [0, 0.1) is 5.41 Å². The number of thiazole rings is 1. The van der Waals surface area contributed by atoms with Crippen molar-refractivity contribution < 1.29 is 14.3 Å². The minimum Gasteiger partial charge on any atom is -0.495 e. The van der Waals surface area contributed by atoms with E-state index in [0.717, 1.165) is 16.0 Å². The van der Waals surface area contributed by atoms with Crippen molar-refractivity contribution >= 4 is 27.5 Å². The zero-order valence-electron chi connectivity index (χ0n) is 13.7. The fourth-order valence-electron chi connectivity index (χ4n) is 1.99. The molecule has 2 aromatic rings. The van der Waals surface area contributed by atoms with E-state index in [1.807, 2.05) is 43.5 Å². The Bertz CT molecular complexity index is 738. The van der Waals surface area contributed by atoms with Gasteiger partial charge in [-0.05, 0) is 12.1 Å². The number of carbonyl (C=O) groups excluding carboxylic acids is 1. The summed E-state index contributed by atoms with van der Waals surface area (Å²) in [4.78, 5) is 17.3. The summed E-state index contributed by atoms with van der Waals surface area (Å²) in [5.74, 6) is 0.638. The van der Waals surface area contributed by atoms with E-state index in [9.17, 15) is 4.79 Å². The topological polar surface area (TPSA) is 52.8 Å². The molecule has 0 aliphatic carbocycles. The molecule has 0 saturated heterocycles. The van der Waals surface area contributed by atoms with Crippen LogP contribution in [0.3, 0.4) is 0 Å². The smallest absolute Gasteiger partial charge is 0.253 e. The van der Waals surface area contributed by atoms with Crippen molar-refractivity contribution in [1.82, 2.24) is 4.57 Å². The second kappa shape index (κ2) is 6.62. The Morgan fingerprint density at radius 1 is 1.32 bits per heavy atom. The molecule has 6 heteroatoms. The van der Waals surface area contributed by atoms with Gasteiger partial charge in [-0.25, -0.2) is 0 Å². The van der Waals surface area contributed by atoms with Gasteiger partial charge in [0.1, 0.15) is 11.3 Å². The Morgan fingerprint density at radius 3 is 2.64 bits per heavy atom. The molecule has 0 spiro atoms. The van der Waals surface area contributed by atoms with Gasteiger partial charge >= 0.3 is 0 Å². The lowest BCUT2D eigenvalue weighted by atomic mass is 9.96. The average Bonchev–Trinajstić information content (AvgIpc) is 2.81. The van der Waals surface area contributed by atoms with Gasteiger partial charge in [-0.1, -0.05) is 38.2 Å². The summed E-state index contributed by atoms with van der Waals surface area (Å²) in [5, 5.41) is 0. The van der Waals surface area contributed by atoms with Gasteiger partial charge in [0, 0.05) is 19.1 Å². The summed E-state index contributed by atoms with van der Waals surface area (Å²) >= 11 is 1.49. The Hall–Kier alpha value is -1.66. The molecule has 1 amide bonds. The van der Waals surface area contributed by atoms with Gasteiger partial charge in [0.15, 0.2) is 4.80 Å². The Labute approximate surface area is 134 Å². The Balaban J connectivity index is 2.68. The van der Waals surface area contributed by atoms with Crippen molar-refractivity contribution in [2.75, 3.05) is 20.8 Å². The molecule has 1 aromatic carbocycles. The monoisotopic (exact) mass is 322 g/mol. The zero-order valence-corrected chi connectivity index (χ0v) is 14.5. The molecule has 0 aliphatic rings. The van der Waals surface area contributed by atoms with E-state index < -0.39 is 5.41 Å². The third-order valence-corrected chi connectivity index (χ3v) is 4.29. The predicted molar refractivity (Wildman–Crippen MR) is 88.3 cm³/mol. The van der Waals surface area contributed by atoms with Crippen LogP contribution in [0.4, 0.5) is 0 Å². The maximum absolute atomic E-state index is 12.3. The molecule has 0 fully saturated rings. The number of amides is 1. The maximum atomic E-state index is 12.3. The molecule has 0 N–H and O–H groups in total. The first kappa shape index (κ1) is 16.7. The van der Waals surface area contributed by atoms with Gasteiger partial charge in [0.2, 0.25) is 0 Å². The molecule has 1 heterocycles. The van der Waals surface area contributed by atoms with Crippen molar-refractivity contribution in [2.45, 2.75) is 27.3 Å². The van der Waals surface area contributed by atoms with Crippen molar-refractivity contribution in [2.24, 2.45) is 10.4 Å². The Kier molecular flexibility index (Phi) is 5.03. The summed E-state index contributed by atoms with van der Waals surface area (Å²) < 4.78 is 13.7. The number of hydrogen-bond acceptors (Lipinski definition) is 4. The van der Waals surface area contributed by atoms with Crippen LogP contribution in [0.25, 0.3) is 10.2 Å². The summed E-state index contributed by atoms with van der Waals surface area (Å²) in [6.45, 7) is 6.76. The van der Waals surface area contributed by atoms with Gasteiger partial charge in [0.25, 0.3) is 5.91 Å². The number of fused-ring (bicyclic) bond motifs is 1. The molecular weight excluding hydrogens is 300 g/mol. The van der Waals surface area contributed by atoms with Crippen LogP contribution in [0.5, 0.6) is 5.75 Å². The number of aromatic nitrogens is 1. The van der Waals surface area contributed by atoms with Gasteiger partial charge in [-0.2, -0.15) is 4.99 Å². The van der Waals surface area contributed by atoms with E-state index in [4.69, 9.17) is 9.47 Å². The number of benzene rings is 1. The van der Waals surface area contributed by atoms with E-state index in [2.05, 4.69) is 4.99 Å². The molecule has 0 atom stereocenters. The molecule has 120 valence electrons. The van der Waals surface area contributed by atoms with Crippen LogP contribution in [0.15, 0.2) is 23.2 Å². The molecule has 0 aliphatic heterocycles. The van der Waals surface area contributed by atoms with Crippen molar-refractivity contribution in [1.29, 1.82) is 0 Å². The highest BCUT2D eigenvalue weighted by Crippen LogP contribution is 2.27.